The van der Waals surface area contributed by atoms with Crippen LogP contribution >= 0.6 is 15.9 Å². The molecule has 1 aliphatic heterocycles. The molecule has 40 heavy (non-hydrogen) atoms. The van der Waals surface area contributed by atoms with Gasteiger partial charge < -0.3 is 19.9 Å². The highest BCUT2D eigenvalue weighted by molar-refractivity contribution is 9.12. The van der Waals surface area contributed by atoms with Crippen molar-refractivity contribution in [1.29, 1.82) is 0 Å². The highest BCUT2D eigenvalue weighted by Crippen LogP contribution is 2.56. The lowest BCUT2D eigenvalue weighted by atomic mass is 9.59. The second-order valence-electron chi connectivity index (χ2n) is 10.3. The SMILES string of the molecule is COc1ccc(O)c(C2C3=CCC4C(=O)N(c5cccc(B(O)O)c5)C(=O)C4C3CC3=C2C(=O)C=C(Br)C3=O)c1. The van der Waals surface area contributed by atoms with Crippen LogP contribution in [0.25, 0.3) is 0 Å². The Hall–Kier alpha value is -3.80. The Labute approximate surface area is 237 Å². The molecule has 1 fully saturated rings. The fourth-order valence-electron chi connectivity index (χ4n) is 6.53. The van der Waals surface area contributed by atoms with Gasteiger partial charge in [-0.2, -0.15) is 0 Å². The molecule has 0 aromatic heterocycles. The minimum absolute atomic E-state index is 0.0827. The maximum absolute atomic E-state index is 14.0. The largest absolute Gasteiger partial charge is 0.508 e. The summed E-state index contributed by atoms with van der Waals surface area (Å²) >= 11 is 3.20. The zero-order chi connectivity index (χ0) is 28.5. The minimum Gasteiger partial charge on any atom is -0.508 e. The molecule has 2 aromatic carbocycles. The van der Waals surface area contributed by atoms with Gasteiger partial charge in [0.15, 0.2) is 11.6 Å². The van der Waals surface area contributed by atoms with E-state index in [1.807, 2.05) is 6.08 Å². The van der Waals surface area contributed by atoms with E-state index in [1.54, 1.807) is 18.2 Å². The summed E-state index contributed by atoms with van der Waals surface area (Å²) in [6.45, 7) is 0. The fraction of sp³-hybridized carbons (Fsp3) is 0.241. The quantitative estimate of drug-likeness (QED) is 0.209. The summed E-state index contributed by atoms with van der Waals surface area (Å²) < 4.78 is 5.48. The number of phenols is 1. The second-order valence-corrected chi connectivity index (χ2v) is 11.2. The van der Waals surface area contributed by atoms with Crippen LogP contribution in [0.4, 0.5) is 5.69 Å². The summed E-state index contributed by atoms with van der Waals surface area (Å²) in [5.74, 6) is -4.18. The standard InChI is InChI=1S/C29H23BBrNO8/c1-40-15-5-8-22(33)19(10-15)24-16-6-7-17-25(18(16)11-20-26(24)23(34)12-21(31)27(20)35)29(37)32(28(17)36)14-4-2-3-13(9-14)30(38)39/h2-6,8-10,12,17-18,24-25,33,38-39H,7,11H2,1H3. The lowest BCUT2D eigenvalue weighted by Crippen LogP contribution is -2.39. The molecule has 0 spiro atoms. The number of phenolic OH excluding ortho intramolecular Hbond substituents is 1. The number of fused-ring (bicyclic) bond motifs is 3. The predicted molar refractivity (Wildman–Crippen MR) is 148 cm³/mol. The van der Waals surface area contributed by atoms with Crippen LogP contribution in [0.2, 0.25) is 0 Å². The van der Waals surface area contributed by atoms with Gasteiger partial charge in [0, 0.05) is 28.7 Å². The van der Waals surface area contributed by atoms with Gasteiger partial charge in [-0.15, -0.1) is 0 Å². The molecule has 0 radical (unpaired) electrons. The zero-order valence-corrected chi connectivity index (χ0v) is 22.8. The monoisotopic (exact) mass is 603 g/mol. The van der Waals surface area contributed by atoms with Crippen LogP contribution in [-0.4, -0.2) is 52.8 Å². The maximum atomic E-state index is 14.0. The van der Waals surface area contributed by atoms with Crippen molar-refractivity contribution >= 4 is 57.6 Å². The van der Waals surface area contributed by atoms with E-state index in [4.69, 9.17) is 4.74 Å². The van der Waals surface area contributed by atoms with Gasteiger partial charge in [-0.1, -0.05) is 23.8 Å². The molecule has 0 bridgehead atoms. The van der Waals surface area contributed by atoms with Crippen LogP contribution < -0.4 is 15.1 Å². The van der Waals surface area contributed by atoms with Gasteiger partial charge in [0.05, 0.1) is 29.1 Å². The number of hydrogen-bond acceptors (Lipinski definition) is 8. The van der Waals surface area contributed by atoms with Crippen LogP contribution in [0.3, 0.4) is 0 Å². The molecule has 3 aliphatic carbocycles. The number of carbonyl (C=O) groups excluding carboxylic acids is 4. The number of methoxy groups -OCH3 is 1. The highest BCUT2D eigenvalue weighted by Gasteiger charge is 2.57. The third-order valence-corrected chi connectivity index (χ3v) is 8.89. The predicted octanol–water partition coefficient (Wildman–Crippen LogP) is 2.05. The molecule has 9 nitrogen and oxygen atoms in total. The van der Waals surface area contributed by atoms with Crippen molar-refractivity contribution in [3.63, 3.8) is 0 Å². The van der Waals surface area contributed by atoms with Crippen molar-refractivity contribution in [3.05, 3.63) is 81.4 Å². The average molecular weight is 604 g/mol. The molecular formula is C29H23BBrNO8. The third-order valence-electron chi connectivity index (χ3n) is 8.30. The number of nitrogens with zero attached hydrogens (tertiary/aromatic N) is 1. The van der Waals surface area contributed by atoms with Crippen molar-refractivity contribution in [2.45, 2.75) is 18.8 Å². The highest BCUT2D eigenvalue weighted by atomic mass is 79.9. The minimum atomic E-state index is -1.77. The fourth-order valence-corrected chi connectivity index (χ4v) is 6.98. The molecule has 4 aliphatic rings. The Morgan fingerprint density at radius 1 is 1.02 bits per heavy atom. The van der Waals surface area contributed by atoms with E-state index in [0.717, 1.165) is 4.90 Å². The molecule has 3 N–H and O–H groups in total. The van der Waals surface area contributed by atoms with Gasteiger partial charge in [-0.05, 0) is 70.5 Å². The van der Waals surface area contributed by atoms with E-state index < -0.39 is 42.6 Å². The van der Waals surface area contributed by atoms with Crippen molar-refractivity contribution in [2.24, 2.45) is 17.8 Å². The molecule has 6 rings (SSSR count). The number of halogens is 1. The van der Waals surface area contributed by atoms with E-state index in [1.165, 1.54) is 37.5 Å². The number of Topliss-reactive ketones (excluding diaryl/α,β-unsaturated/α-hetero) is 1. The van der Waals surface area contributed by atoms with E-state index in [2.05, 4.69) is 15.9 Å². The Bertz CT molecular complexity index is 1610. The van der Waals surface area contributed by atoms with Gasteiger partial charge in [-0.3, -0.25) is 24.1 Å². The Balaban J connectivity index is 1.49. The number of anilines is 1. The second kappa shape index (κ2) is 9.69. The summed E-state index contributed by atoms with van der Waals surface area (Å²) in [7, 11) is -0.295. The van der Waals surface area contributed by atoms with Crippen LogP contribution in [0.15, 0.2) is 75.8 Å². The van der Waals surface area contributed by atoms with Crippen molar-refractivity contribution in [1.82, 2.24) is 0 Å². The molecule has 0 saturated carbocycles. The smallest absolute Gasteiger partial charge is 0.488 e. The lowest BCUT2D eigenvalue weighted by Gasteiger charge is -2.42. The molecule has 4 unspecified atom stereocenters. The third kappa shape index (κ3) is 3.91. The zero-order valence-electron chi connectivity index (χ0n) is 21.2. The molecule has 1 heterocycles. The van der Waals surface area contributed by atoms with Crippen molar-refractivity contribution in [3.8, 4) is 11.5 Å². The topological polar surface area (TPSA) is 141 Å². The van der Waals surface area contributed by atoms with E-state index in [0.29, 0.717) is 16.9 Å². The van der Waals surface area contributed by atoms with Gasteiger partial charge in [0.1, 0.15) is 11.5 Å². The van der Waals surface area contributed by atoms with Crippen LogP contribution in [-0.2, 0) is 19.2 Å². The number of benzene rings is 2. The number of amides is 2. The van der Waals surface area contributed by atoms with E-state index in [9.17, 15) is 34.3 Å². The van der Waals surface area contributed by atoms with Gasteiger partial charge in [0.2, 0.25) is 11.8 Å². The van der Waals surface area contributed by atoms with E-state index >= 15 is 0 Å². The Kier molecular flexibility index (Phi) is 6.40. The van der Waals surface area contributed by atoms with Crippen LogP contribution in [0, 0.1) is 17.8 Å². The van der Waals surface area contributed by atoms with Crippen LogP contribution in [0.1, 0.15) is 24.3 Å². The van der Waals surface area contributed by atoms with Crippen LogP contribution in [0.5, 0.6) is 11.5 Å². The Morgan fingerprint density at radius 2 is 1.80 bits per heavy atom. The molecule has 1 saturated heterocycles. The normalized spacial score (nSPS) is 25.8. The number of rotatable bonds is 4. The first-order valence-electron chi connectivity index (χ1n) is 12.7. The Morgan fingerprint density at radius 3 is 2.52 bits per heavy atom. The number of hydrogen-bond donors (Lipinski definition) is 3. The maximum Gasteiger partial charge on any atom is 0.488 e. The number of ether oxygens (including phenoxy) is 1. The van der Waals surface area contributed by atoms with Gasteiger partial charge in [-0.25, -0.2) is 0 Å². The summed E-state index contributed by atoms with van der Waals surface area (Å²) in [6.07, 6.45) is 3.39. The molecule has 2 aromatic rings. The first kappa shape index (κ1) is 26.4. The summed E-state index contributed by atoms with van der Waals surface area (Å²) in [6, 6.07) is 10.6. The number of imide groups is 1. The molecule has 202 valence electrons. The summed E-state index contributed by atoms with van der Waals surface area (Å²) in [5.41, 5.74) is 1.92. The number of carbonyl (C=O) groups is 4. The average Bonchev–Trinajstić information content (AvgIpc) is 3.20. The molecule has 4 atom stereocenters. The number of allylic oxidation sites excluding steroid dienone is 6. The summed E-state index contributed by atoms with van der Waals surface area (Å²) in [4.78, 5) is 55.3. The molecular weight excluding hydrogens is 581 g/mol. The van der Waals surface area contributed by atoms with Gasteiger partial charge in [0.25, 0.3) is 0 Å². The van der Waals surface area contributed by atoms with E-state index in [-0.39, 0.29) is 56.9 Å². The number of aromatic hydroxyl groups is 1. The summed E-state index contributed by atoms with van der Waals surface area (Å²) in [5, 5.41) is 30.1. The molecule has 2 amide bonds. The van der Waals surface area contributed by atoms with Crippen molar-refractivity contribution < 1.29 is 39.1 Å². The number of ketones is 2. The lowest BCUT2D eigenvalue weighted by molar-refractivity contribution is -0.123. The first-order valence-corrected chi connectivity index (χ1v) is 13.5. The van der Waals surface area contributed by atoms with Crippen molar-refractivity contribution in [2.75, 3.05) is 12.0 Å². The first-order chi connectivity index (χ1) is 19.1. The molecule has 11 heteroatoms. The van der Waals surface area contributed by atoms with Gasteiger partial charge >= 0.3 is 7.12 Å².